The summed E-state index contributed by atoms with van der Waals surface area (Å²) >= 11 is 0. The number of morpholine rings is 1. The van der Waals surface area contributed by atoms with Gasteiger partial charge in [-0.05, 0) is 51.8 Å². The molecular weight excluding hydrogens is 353 g/mol. The Bertz CT molecular complexity index is 716. The highest BCUT2D eigenvalue weighted by Gasteiger charge is 2.45. The molecule has 2 aliphatic rings. The maximum Gasteiger partial charge on any atom is 0.410 e. The summed E-state index contributed by atoms with van der Waals surface area (Å²) in [4.78, 5) is 27.3. The second kappa shape index (κ2) is 7.46. The van der Waals surface area contributed by atoms with Crippen molar-refractivity contribution in [1.82, 2.24) is 4.90 Å². The highest BCUT2D eigenvalue weighted by atomic mass is 19.1. The number of Topliss-reactive ketones (excluding diaryl/α,β-unsaturated/α-hetero) is 1. The number of nitrogens with zero attached hydrogens (tertiary/aromatic N) is 1. The first-order valence-corrected chi connectivity index (χ1v) is 9.16. The monoisotopic (exact) mass is 379 g/mol. The third-order valence-corrected chi connectivity index (χ3v) is 4.93. The molecule has 0 spiro atoms. The van der Waals surface area contributed by atoms with Gasteiger partial charge in [-0.2, -0.15) is 0 Å². The van der Waals surface area contributed by atoms with E-state index in [4.69, 9.17) is 14.2 Å². The molecule has 3 rings (SSSR count). The molecule has 2 atom stereocenters. The quantitative estimate of drug-likeness (QED) is 0.753. The van der Waals surface area contributed by atoms with E-state index < -0.39 is 11.4 Å². The minimum Gasteiger partial charge on any atom is -0.494 e. The van der Waals surface area contributed by atoms with Crippen molar-refractivity contribution in [2.24, 2.45) is 5.92 Å². The van der Waals surface area contributed by atoms with E-state index in [9.17, 15) is 14.0 Å². The number of ether oxygens (including phenoxy) is 3. The van der Waals surface area contributed by atoms with Crippen molar-refractivity contribution in [3.63, 3.8) is 0 Å². The zero-order valence-corrected chi connectivity index (χ0v) is 16.2. The predicted octanol–water partition coefficient (Wildman–Crippen LogP) is 3.43. The van der Waals surface area contributed by atoms with Gasteiger partial charge in [-0.3, -0.25) is 9.69 Å². The van der Waals surface area contributed by atoms with Crippen LogP contribution in [0.15, 0.2) is 18.2 Å². The van der Waals surface area contributed by atoms with Crippen molar-refractivity contribution in [3.8, 4) is 5.75 Å². The summed E-state index contributed by atoms with van der Waals surface area (Å²) in [6.45, 7) is 6.25. The maximum absolute atomic E-state index is 13.6. The predicted molar refractivity (Wildman–Crippen MR) is 96.5 cm³/mol. The summed E-state index contributed by atoms with van der Waals surface area (Å²) in [5, 5.41) is 0. The molecule has 2 saturated heterocycles. The van der Waals surface area contributed by atoms with Crippen LogP contribution in [0.3, 0.4) is 0 Å². The van der Waals surface area contributed by atoms with Crippen LogP contribution in [-0.4, -0.2) is 54.8 Å². The Balaban J connectivity index is 1.76. The fourth-order valence-corrected chi connectivity index (χ4v) is 3.79. The van der Waals surface area contributed by atoms with Gasteiger partial charge in [0.2, 0.25) is 0 Å². The molecule has 27 heavy (non-hydrogen) atoms. The first-order valence-electron chi connectivity index (χ1n) is 9.16. The second-order valence-electron chi connectivity index (χ2n) is 8.11. The Morgan fingerprint density at radius 3 is 2.37 bits per heavy atom. The number of halogens is 1. The minimum absolute atomic E-state index is 0.0515. The van der Waals surface area contributed by atoms with E-state index in [0.29, 0.717) is 31.6 Å². The summed E-state index contributed by atoms with van der Waals surface area (Å²) in [5.41, 5.74) is -0.160. The number of fused-ring (bicyclic) bond motifs is 2. The van der Waals surface area contributed by atoms with Gasteiger partial charge in [0.1, 0.15) is 5.60 Å². The normalized spacial score (nSPS) is 25.1. The Labute approximate surface area is 158 Å². The maximum atomic E-state index is 13.6. The SMILES string of the molecule is COc1cc(C(=O)C2CC3COCC(C2)N3C(=O)OC(C)(C)C)ccc1F. The van der Waals surface area contributed by atoms with Crippen molar-refractivity contribution in [2.45, 2.75) is 51.3 Å². The molecule has 148 valence electrons. The van der Waals surface area contributed by atoms with Crippen molar-refractivity contribution in [2.75, 3.05) is 20.3 Å². The smallest absolute Gasteiger partial charge is 0.410 e. The van der Waals surface area contributed by atoms with Crippen LogP contribution in [0.1, 0.15) is 44.0 Å². The van der Waals surface area contributed by atoms with Crippen LogP contribution >= 0.6 is 0 Å². The Kier molecular flexibility index (Phi) is 5.42. The molecule has 2 unspecified atom stereocenters. The molecule has 1 aromatic rings. The summed E-state index contributed by atoms with van der Waals surface area (Å²) < 4.78 is 29.7. The molecule has 2 heterocycles. The van der Waals surface area contributed by atoms with Crippen LogP contribution in [0, 0.1) is 11.7 Å². The summed E-state index contributed by atoms with van der Waals surface area (Å²) in [7, 11) is 1.37. The van der Waals surface area contributed by atoms with Crippen molar-refractivity contribution in [3.05, 3.63) is 29.6 Å². The number of rotatable bonds is 3. The lowest BCUT2D eigenvalue weighted by Crippen LogP contribution is -2.60. The van der Waals surface area contributed by atoms with E-state index in [-0.39, 0.29) is 35.6 Å². The van der Waals surface area contributed by atoms with Crippen molar-refractivity contribution in [1.29, 1.82) is 0 Å². The largest absolute Gasteiger partial charge is 0.494 e. The average molecular weight is 379 g/mol. The van der Waals surface area contributed by atoms with Crippen molar-refractivity contribution >= 4 is 11.9 Å². The Morgan fingerprint density at radius 2 is 1.81 bits per heavy atom. The standard InChI is InChI=1S/C20H26FNO5/c1-20(2,3)27-19(24)22-14-7-13(8-15(22)11-26-10-14)18(23)12-5-6-16(21)17(9-12)25-4/h5-6,9,13-15H,7-8,10-11H2,1-4H3. The number of piperidine rings is 1. The van der Waals surface area contributed by atoms with Crippen LogP contribution < -0.4 is 4.74 Å². The molecule has 0 aliphatic carbocycles. The van der Waals surface area contributed by atoms with Gasteiger partial charge in [0.25, 0.3) is 0 Å². The number of hydrogen-bond donors (Lipinski definition) is 0. The van der Waals surface area contributed by atoms with Gasteiger partial charge in [-0.1, -0.05) is 0 Å². The minimum atomic E-state index is -0.580. The molecule has 0 N–H and O–H groups in total. The lowest BCUT2D eigenvalue weighted by molar-refractivity contribution is -0.0861. The molecule has 7 heteroatoms. The van der Waals surface area contributed by atoms with Gasteiger partial charge in [0.05, 0.1) is 32.4 Å². The number of ketones is 1. The molecule has 2 aliphatic heterocycles. The van der Waals surface area contributed by atoms with Gasteiger partial charge in [-0.15, -0.1) is 0 Å². The molecule has 1 aromatic carbocycles. The zero-order chi connectivity index (χ0) is 19.8. The third kappa shape index (κ3) is 4.24. The number of benzene rings is 1. The average Bonchev–Trinajstić information content (AvgIpc) is 2.59. The lowest BCUT2D eigenvalue weighted by atomic mass is 9.81. The first kappa shape index (κ1) is 19.6. The van der Waals surface area contributed by atoms with Crippen LogP contribution in [0.4, 0.5) is 9.18 Å². The molecule has 0 aromatic heterocycles. The van der Waals surface area contributed by atoms with Crippen LogP contribution in [0.25, 0.3) is 0 Å². The van der Waals surface area contributed by atoms with Crippen LogP contribution in [-0.2, 0) is 9.47 Å². The summed E-state index contributed by atoms with van der Waals surface area (Å²) in [5.74, 6) is -0.763. The second-order valence-corrected chi connectivity index (χ2v) is 8.11. The van der Waals surface area contributed by atoms with E-state index >= 15 is 0 Å². The topological polar surface area (TPSA) is 65.1 Å². The van der Waals surface area contributed by atoms with Gasteiger partial charge >= 0.3 is 6.09 Å². The molecule has 1 amide bonds. The lowest BCUT2D eigenvalue weighted by Gasteiger charge is -2.47. The number of amides is 1. The van der Waals surface area contributed by atoms with Gasteiger partial charge in [-0.25, -0.2) is 9.18 Å². The van der Waals surface area contributed by atoms with Gasteiger partial charge in [0, 0.05) is 11.5 Å². The summed E-state index contributed by atoms with van der Waals surface area (Å²) in [6, 6.07) is 3.75. The van der Waals surface area contributed by atoms with E-state index in [2.05, 4.69) is 0 Å². The molecule has 0 radical (unpaired) electrons. The Hall–Kier alpha value is -2.15. The number of carbonyl (C=O) groups is 2. The van der Waals surface area contributed by atoms with E-state index in [1.807, 2.05) is 20.8 Å². The fraction of sp³-hybridized carbons (Fsp3) is 0.600. The van der Waals surface area contributed by atoms with Crippen LogP contribution in [0.5, 0.6) is 5.75 Å². The van der Waals surface area contributed by atoms with E-state index in [0.717, 1.165) is 0 Å². The third-order valence-electron chi connectivity index (χ3n) is 4.93. The van der Waals surface area contributed by atoms with E-state index in [1.165, 1.54) is 25.3 Å². The molecular formula is C20H26FNO5. The number of hydrogen-bond acceptors (Lipinski definition) is 5. The molecule has 2 fully saturated rings. The number of carbonyl (C=O) groups excluding carboxylic acids is 2. The highest BCUT2D eigenvalue weighted by molar-refractivity contribution is 5.98. The van der Waals surface area contributed by atoms with E-state index in [1.54, 1.807) is 4.90 Å². The molecule has 0 saturated carbocycles. The van der Waals surface area contributed by atoms with Gasteiger partial charge in [0.15, 0.2) is 17.3 Å². The molecule has 6 nitrogen and oxygen atoms in total. The summed E-state index contributed by atoms with van der Waals surface area (Å²) in [6.07, 6.45) is 0.623. The van der Waals surface area contributed by atoms with Crippen molar-refractivity contribution < 1.29 is 28.2 Å². The van der Waals surface area contributed by atoms with Crippen LogP contribution in [0.2, 0.25) is 0 Å². The van der Waals surface area contributed by atoms with Gasteiger partial charge < -0.3 is 14.2 Å². The number of methoxy groups -OCH3 is 1. The fourth-order valence-electron chi connectivity index (χ4n) is 3.79. The first-order chi connectivity index (χ1) is 12.7. The Morgan fingerprint density at radius 1 is 1.19 bits per heavy atom. The molecule has 2 bridgehead atoms. The zero-order valence-electron chi connectivity index (χ0n) is 16.2. The highest BCUT2D eigenvalue weighted by Crippen LogP contribution is 2.35.